The summed E-state index contributed by atoms with van der Waals surface area (Å²) in [5.74, 6) is -2.24. The lowest BCUT2D eigenvalue weighted by Crippen LogP contribution is -2.33. The summed E-state index contributed by atoms with van der Waals surface area (Å²) in [5.41, 5.74) is 0. The van der Waals surface area contributed by atoms with Gasteiger partial charge >= 0.3 is 27.1 Å². The molecular formula is C19H39NO11P2. The molecule has 0 heterocycles. The van der Waals surface area contributed by atoms with Gasteiger partial charge in [0.1, 0.15) is 0 Å². The van der Waals surface area contributed by atoms with Crippen LogP contribution in [0.4, 0.5) is 0 Å². The zero-order valence-electron chi connectivity index (χ0n) is 20.0. The molecule has 0 rings (SSSR count). The zero-order chi connectivity index (χ0) is 25.7. The molecule has 0 aliphatic carbocycles. The van der Waals surface area contributed by atoms with Crippen molar-refractivity contribution in [2.75, 3.05) is 27.2 Å². The molecular weight excluding hydrogens is 480 g/mol. The second-order valence-electron chi connectivity index (χ2n) is 7.47. The smallest absolute Gasteiger partial charge is 0.380 e. The van der Waals surface area contributed by atoms with Crippen molar-refractivity contribution in [3.63, 3.8) is 0 Å². The average molecular weight is 519 g/mol. The van der Waals surface area contributed by atoms with Crippen LogP contribution in [0.2, 0.25) is 0 Å². The van der Waals surface area contributed by atoms with Gasteiger partial charge in [-0.05, 0) is 45.7 Å². The minimum absolute atomic E-state index is 0.00408. The third-order valence-electron chi connectivity index (χ3n) is 5.33. The van der Waals surface area contributed by atoms with Gasteiger partial charge in [-0.15, -0.1) is 0 Å². The van der Waals surface area contributed by atoms with E-state index in [0.29, 0.717) is 25.7 Å². The lowest BCUT2D eigenvalue weighted by atomic mass is 10.0. The van der Waals surface area contributed by atoms with E-state index in [4.69, 9.17) is 18.5 Å². The summed E-state index contributed by atoms with van der Waals surface area (Å²) in [6.45, 7) is 5.34. The summed E-state index contributed by atoms with van der Waals surface area (Å²) in [4.78, 5) is 43.8. The van der Waals surface area contributed by atoms with Crippen LogP contribution < -0.4 is 5.32 Å². The number of rotatable bonds is 18. The van der Waals surface area contributed by atoms with Crippen LogP contribution in [-0.2, 0) is 37.2 Å². The van der Waals surface area contributed by atoms with Crippen molar-refractivity contribution in [3.8, 4) is 0 Å². The number of aliphatic hydroxyl groups is 1. The van der Waals surface area contributed by atoms with Gasteiger partial charge in [0.25, 0.3) is 5.08 Å². The first-order chi connectivity index (χ1) is 15.4. The Hall–Kier alpha value is -0.840. The Balaban J connectivity index is 5.70. The van der Waals surface area contributed by atoms with E-state index in [9.17, 15) is 33.6 Å². The van der Waals surface area contributed by atoms with Crippen LogP contribution >= 0.6 is 15.2 Å². The van der Waals surface area contributed by atoms with Gasteiger partial charge in [-0.25, -0.2) is 0 Å². The minimum Gasteiger partial charge on any atom is -0.438 e. The lowest BCUT2D eigenvalue weighted by molar-refractivity contribution is -0.158. The second-order valence-corrected chi connectivity index (χ2v) is 11.9. The van der Waals surface area contributed by atoms with E-state index >= 15 is 0 Å². The predicted molar refractivity (Wildman–Crippen MR) is 120 cm³/mol. The zero-order valence-corrected chi connectivity index (χ0v) is 21.8. The van der Waals surface area contributed by atoms with Crippen LogP contribution in [0.3, 0.4) is 0 Å². The first kappa shape index (κ1) is 32.2. The third kappa shape index (κ3) is 9.38. The topological polar surface area (TPSA) is 178 Å². The van der Waals surface area contributed by atoms with Crippen LogP contribution in [0.1, 0.15) is 66.2 Å². The summed E-state index contributed by atoms with van der Waals surface area (Å²) >= 11 is 0. The highest BCUT2D eigenvalue weighted by Gasteiger charge is 2.62. The fraction of sp³-hybridized carbons (Fsp3) is 0.895. The molecule has 0 fully saturated rings. The highest BCUT2D eigenvalue weighted by Crippen LogP contribution is 2.74. The molecule has 0 saturated heterocycles. The average Bonchev–Trinajstić information content (AvgIpc) is 2.74. The maximum Gasteiger partial charge on any atom is 0.380 e. The molecule has 0 aromatic rings. The van der Waals surface area contributed by atoms with Gasteiger partial charge in [-0.2, -0.15) is 0 Å². The molecule has 1 atom stereocenters. The van der Waals surface area contributed by atoms with Crippen LogP contribution in [0.25, 0.3) is 0 Å². The van der Waals surface area contributed by atoms with Gasteiger partial charge < -0.3 is 29.7 Å². The normalized spacial score (nSPS) is 14.4. The standard InChI is InChI=1S/C19H39NO11P2/c1-6-15(7-2)17(21)28-13-30-33(27,31-14-29-18(22)16(8-3)9-4)19(23,32(24,25)26)11-10-12-20-5/h15-16,20,23H,6-14H2,1-5H3,(H2,24,25,26). The Morgan fingerprint density at radius 1 is 0.879 bits per heavy atom. The van der Waals surface area contributed by atoms with E-state index < -0.39 is 64.1 Å². The molecule has 0 aliphatic heterocycles. The maximum absolute atomic E-state index is 13.5. The summed E-state index contributed by atoms with van der Waals surface area (Å²) in [7, 11) is -9.02. The predicted octanol–water partition coefficient (Wildman–Crippen LogP) is 2.91. The van der Waals surface area contributed by atoms with Gasteiger partial charge in [0.05, 0.1) is 11.8 Å². The van der Waals surface area contributed by atoms with E-state index in [1.807, 2.05) is 0 Å². The number of ether oxygens (including phenoxy) is 2. The Morgan fingerprint density at radius 2 is 1.27 bits per heavy atom. The van der Waals surface area contributed by atoms with Crippen molar-refractivity contribution >= 4 is 27.1 Å². The molecule has 1 unspecified atom stereocenters. The monoisotopic (exact) mass is 519 g/mol. The van der Waals surface area contributed by atoms with Gasteiger partial charge in [0.15, 0.2) is 0 Å². The van der Waals surface area contributed by atoms with Crippen molar-refractivity contribution < 1.29 is 52.1 Å². The number of carbonyl (C=O) groups excluding carboxylic acids is 2. The third-order valence-corrected chi connectivity index (χ3v) is 9.99. The molecule has 0 radical (unpaired) electrons. The molecule has 0 amide bonds. The second kappa shape index (κ2) is 15.2. The van der Waals surface area contributed by atoms with Gasteiger partial charge in [0, 0.05) is 6.42 Å². The van der Waals surface area contributed by atoms with Crippen LogP contribution in [0, 0.1) is 11.8 Å². The van der Waals surface area contributed by atoms with E-state index in [1.54, 1.807) is 34.7 Å². The molecule has 0 saturated carbocycles. The SMILES string of the molecule is CCC(CC)C(=O)OCOP(=O)(OCOC(=O)C(CC)CC)C(O)(CCCNC)P(=O)(O)O. The number of carbonyl (C=O) groups is 2. The Bertz CT molecular complexity index is 657. The molecule has 4 N–H and O–H groups in total. The van der Waals surface area contributed by atoms with Crippen molar-refractivity contribution in [1.82, 2.24) is 5.32 Å². The number of hydrogen-bond donors (Lipinski definition) is 4. The van der Waals surface area contributed by atoms with Crippen molar-refractivity contribution in [2.24, 2.45) is 11.8 Å². The molecule has 0 aliphatic rings. The molecule has 0 spiro atoms. The van der Waals surface area contributed by atoms with Crippen molar-refractivity contribution in [1.29, 1.82) is 0 Å². The van der Waals surface area contributed by atoms with Gasteiger partial charge in [0.2, 0.25) is 13.6 Å². The molecule has 0 bridgehead atoms. The quantitative estimate of drug-likeness (QED) is 0.0902. The fourth-order valence-electron chi connectivity index (χ4n) is 2.98. The summed E-state index contributed by atoms with van der Waals surface area (Å²) in [6.07, 6.45) is 1.24. The van der Waals surface area contributed by atoms with E-state index in [2.05, 4.69) is 5.32 Å². The number of nitrogens with one attached hydrogen (secondary N) is 1. The van der Waals surface area contributed by atoms with Gasteiger partial charge in [-0.1, -0.05) is 27.7 Å². The Kier molecular flexibility index (Phi) is 14.8. The highest BCUT2D eigenvalue weighted by molar-refractivity contribution is 7.72. The number of esters is 2. The molecule has 12 nitrogen and oxygen atoms in total. The fourth-order valence-corrected chi connectivity index (χ4v) is 6.35. The first-order valence-electron chi connectivity index (χ1n) is 11.0. The number of hydrogen-bond acceptors (Lipinski definition) is 10. The van der Waals surface area contributed by atoms with Gasteiger partial charge in [-0.3, -0.25) is 27.8 Å². The lowest BCUT2D eigenvalue weighted by Gasteiger charge is -2.34. The molecule has 0 aromatic heterocycles. The van der Waals surface area contributed by atoms with E-state index in [1.165, 1.54) is 0 Å². The van der Waals surface area contributed by atoms with Crippen LogP contribution in [-0.4, -0.2) is 59.1 Å². The molecule has 196 valence electrons. The molecule has 14 heteroatoms. The Labute approximate surface area is 195 Å². The van der Waals surface area contributed by atoms with Crippen molar-refractivity contribution in [3.05, 3.63) is 0 Å². The summed E-state index contributed by atoms with van der Waals surface area (Å²) in [5, 5.41) is 10.3. The van der Waals surface area contributed by atoms with Crippen LogP contribution in [0.15, 0.2) is 0 Å². The highest BCUT2D eigenvalue weighted by atomic mass is 31.2. The first-order valence-corrected chi connectivity index (χ1v) is 14.2. The van der Waals surface area contributed by atoms with Crippen LogP contribution in [0.5, 0.6) is 0 Å². The van der Waals surface area contributed by atoms with E-state index in [0.717, 1.165) is 0 Å². The summed E-state index contributed by atoms with van der Waals surface area (Å²) in [6, 6.07) is 0. The van der Waals surface area contributed by atoms with E-state index in [-0.39, 0.29) is 13.0 Å². The molecule has 33 heavy (non-hydrogen) atoms. The van der Waals surface area contributed by atoms with Crippen molar-refractivity contribution in [2.45, 2.75) is 71.3 Å². The maximum atomic E-state index is 13.5. The molecule has 0 aromatic carbocycles. The largest absolute Gasteiger partial charge is 0.438 e. The summed E-state index contributed by atoms with van der Waals surface area (Å²) < 4.78 is 45.5. The Morgan fingerprint density at radius 3 is 1.58 bits per heavy atom. The minimum atomic E-state index is -5.50.